The molecule has 0 fully saturated rings. The van der Waals surface area contributed by atoms with Gasteiger partial charge >= 0.3 is 6.36 Å². The topological polar surface area (TPSA) is 89.6 Å². The van der Waals surface area contributed by atoms with Crippen molar-refractivity contribution in [2.75, 3.05) is 25.2 Å². The molecular formula is C18H20F3N3O4S2. The van der Waals surface area contributed by atoms with Crippen LogP contribution in [0.3, 0.4) is 0 Å². The molecule has 12 heteroatoms. The fourth-order valence-electron chi connectivity index (χ4n) is 2.12. The summed E-state index contributed by atoms with van der Waals surface area (Å²) in [5.41, 5.74) is 0.297. The van der Waals surface area contributed by atoms with E-state index in [0.717, 1.165) is 24.3 Å². The summed E-state index contributed by atoms with van der Waals surface area (Å²) < 4.78 is 45.3. The number of carbonyl (C=O) groups is 2. The van der Waals surface area contributed by atoms with E-state index in [1.807, 2.05) is 6.26 Å². The number of alkyl halides is 3. The van der Waals surface area contributed by atoms with Gasteiger partial charge in [-0.1, -0.05) is 0 Å². The van der Waals surface area contributed by atoms with E-state index in [4.69, 9.17) is 4.74 Å². The fraction of sp³-hybridized carbons (Fsp3) is 0.389. The fourth-order valence-corrected chi connectivity index (χ4v) is 3.26. The third kappa shape index (κ3) is 8.91. The number of rotatable bonds is 11. The highest BCUT2D eigenvalue weighted by Gasteiger charge is 2.31. The van der Waals surface area contributed by atoms with Crippen molar-refractivity contribution in [1.82, 2.24) is 15.6 Å². The first-order chi connectivity index (χ1) is 14.3. The van der Waals surface area contributed by atoms with Gasteiger partial charge in [-0.25, -0.2) is 4.98 Å². The monoisotopic (exact) mass is 463 g/mol. The van der Waals surface area contributed by atoms with Crippen LogP contribution >= 0.6 is 23.1 Å². The summed E-state index contributed by atoms with van der Waals surface area (Å²) in [6.07, 6.45) is -1.90. The van der Waals surface area contributed by atoms with E-state index in [-0.39, 0.29) is 30.6 Å². The van der Waals surface area contributed by atoms with Crippen LogP contribution in [0.25, 0.3) is 0 Å². The molecule has 2 rings (SSSR count). The van der Waals surface area contributed by atoms with E-state index in [9.17, 15) is 22.8 Å². The highest BCUT2D eigenvalue weighted by atomic mass is 32.2. The first-order valence-electron chi connectivity index (χ1n) is 8.73. The van der Waals surface area contributed by atoms with Crippen molar-refractivity contribution in [2.45, 2.75) is 19.3 Å². The summed E-state index contributed by atoms with van der Waals surface area (Å²) >= 11 is 2.95. The number of ether oxygens (including phenoxy) is 2. The van der Waals surface area contributed by atoms with Crippen molar-refractivity contribution < 1.29 is 32.2 Å². The van der Waals surface area contributed by atoms with Gasteiger partial charge in [0.25, 0.3) is 11.8 Å². The number of carbonyl (C=O) groups excluding carboxylic acids is 2. The summed E-state index contributed by atoms with van der Waals surface area (Å²) in [5, 5.41) is 7.56. The van der Waals surface area contributed by atoms with Gasteiger partial charge in [-0.15, -0.1) is 24.5 Å². The molecule has 0 saturated heterocycles. The molecule has 1 aromatic heterocycles. The third-order valence-corrected chi connectivity index (χ3v) is 5.00. The van der Waals surface area contributed by atoms with Crippen LogP contribution < -0.4 is 20.1 Å². The molecule has 0 aliphatic carbocycles. The molecule has 1 heterocycles. The molecule has 0 aliphatic heterocycles. The molecule has 0 radical (unpaired) electrons. The highest BCUT2D eigenvalue weighted by Crippen LogP contribution is 2.24. The van der Waals surface area contributed by atoms with Gasteiger partial charge in [-0.3, -0.25) is 9.59 Å². The molecule has 164 valence electrons. The van der Waals surface area contributed by atoms with E-state index >= 15 is 0 Å². The van der Waals surface area contributed by atoms with E-state index in [2.05, 4.69) is 20.4 Å². The number of benzene rings is 1. The van der Waals surface area contributed by atoms with Crippen molar-refractivity contribution >= 4 is 34.9 Å². The Hall–Kier alpha value is -2.47. The number of thiazole rings is 1. The molecule has 1 aromatic carbocycles. The number of halogens is 3. The lowest BCUT2D eigenvalue weighted by Gasteiger charge is -2.10. The Bertz CT molecular complexity index is 829. The number of amides is 2. The van der Waals surface area contributed by atoms with Gasteiger partial charge < -0.3 is 20.1 Å². The molecule has 2 N–H and O–H groups in total. The van der Waals surface area contributed by atoms with Crippen molar-refractivity contribution in [3.05, 3.63) is 40.3 Å². The first-order valence-corrected chi connectivity index (χ1v) is 11.0. The number of hydrogen-bond donors (Lipinski definition) is 2. The molecule has 0 atom stereocenters. The minimum absolute atomic E-state index is 0.130. The highest BCUT2D eigenvalue weighted by molar-refractivity contribution is 7.98. The minimum Gasteiger partial charge on any atom is -0.484 e. The summed E-state index contributed by atoms with van der Waals surface area (Å²) in [4.78, 5) is 28.0. The van der Waals surface area contributed by atoms with Crippen molar-refractivity contribution in [3.8, 4) is 11.5 Å². The Morgan fingerprint density at radius 1 is 1.17 bits per heavy atom. The second kappa shape index (κ2) is 11.6. The molecule has 0 saturated carbocycles. The minimum atomic E-state index is -4.77. The Morgan fingerprint density at radius 2 is 1.87 bits per heavy atom. The first kappa shape index (κ1) is 23.8. The van der Waals surface area contributed by atoms with Crippen LogP contribution in [-0.4, -0.2) is 48.3 Å². The lowest BCUT2D eigenvalue weighted by atomic mass is 10.3. The Balaban J connectivity index is 1.71. The molecule has 0 spiro atoms. The van der Waals surface area contributed by atoms with Gasteiger partial charge in [0.1, 0.15) is 22.2 Å². The molecule has 30 heavy (non-hydrogen) atoms. The van der Waals surface area contributed by atoms with E-state index < -0.39 is 12.3 Å². The van der Waals surface area contributed by atoms with Crippen molar-refractivity contribution in [2.24, 2.45) is 0 Å². The Kier molecular flexibility index (Phi) is 9.24. The summed E-state index contributed by atoms with van der Waals surface area (Å²) in [5.74, 6) is 0.0962. The molecule has 2 amide bonds. The second-order valence-corrected chi connectivity index (χ2v) is 7.74. The SMILES string of the molecule is CSCCCNC(=O)c1csc(CNC(=O)COc2ccc(OC(F)(F)F)cc2)n1. The predicted molar refractivity (Wildman–Crippen MR) is 108 cm³/mol. The smallest absolute Gasteiger partial charge is 0.484 e. The predicted octanol–water partition coefficient (Wildman–Crippen LogP) is 3.22. The molecule has 0 unspecified atom stereocenters. The van der Waals surface area contributed by atoms with Crippen LogP contribution in [0.2, 0.25) is 0 Å². The lowest BCUT2D eigenvalue weighted by molar-refractivity contribution is -0.274. The van der Waals surface area contributed by atoms with Gasteiger partial charge in [-0.2, -0.15) is 11.8 Å². The van der Waals surface area contributed by atoms with Gasteiger partial charge in [-0.05, 0) is 42.7 Å². The zero-order valence-electron chi connectivity index (χ0n) is 16.0. The largest absolute Gasteiger partial charge is 0.573 e. The zero-order valence-corrected chi connectivity index (χ0v) is 17.6. The third-order valence-electron chi connectivity index (χ3n) is 3.46. The zero-order chi connectivity index (χ0) is 22.0. The molecule has 2 aromatic rings. The number of aromatic nitrogens is 1. The number of nitrogens with one attached hydrogen (secondary N) is 2. The number of thioether (sulfide) groups is 1. The van der Waals surface area contributed by atoms with Crippen LogP contribution in [0.15, 0.2) is 29.6 Å². The molecule has 0 aliphatic rings. The Morgan fingerprint density at radius 3 is 2.53 bits per heavy atom. The second-order valence-electron chi connectivity index (χ2n) is 5.81. The van der Waals surface area contributed by atoms with Gasteiger partial charge in [0.2, 0.25) is 0 Å². The maximum Gasteiger partial charge on any atom is 0.573 e. The van der Waals surface area contributed by atoms with E-state index in [0.29, 0.717) is 17.2 Å². The van der Waals surface area contributed by atoms with Crippen molar-refractivity contribution in [1.29, 1.82) is 0 Å². The van der Waals surface area contributed by atoms with Crippen LogP contribution in [0.1, 0.15) is 21.9 Å². The molecule has 7 nitrogen and oxygen atoms in total. The Labute approximate surface area is 179 Å². The molecule has 0 bridgehead atoms. The normalized spacial score (nSPS) is 11.1. The number of nitrogens with zero attached hydrogens (tertiary/aromatic N) is 1. The summed E-state index contributed by atoms with van der Waals surface area (Å²) in [7, 11) is 0. The van der Waals surface area contributed by atoms with Crippen LogP contribution in [0.4, 0.5) is 13.2 Å². The van der Waals surface area contributed by atoms with E-state index in [1.165, 1.54) is 23.5 Å². The average Bonchev–Trinajstić information content (AvgIpc) is 3.17. The number of hydrogen-bond acceptors (Lipinski definition) is 7. The quantitative estimate of drug-likeness (QED) is 0.498. The van der Waals surface area contributed by atoms with Gasteiger partial charge in [0.05, 0.1) is 6.54 Å². The van der Waals surface area contributed by atoms with Gasteiger partial charge in [0.15, 0.2) is 6.61 Å². The standard InChI is InChI=1S/C18H20F3N3O4S2/c1-29-8-2-7-22-17(26)14-11-30-16(24-14)9-23-15(25)10-27-12-3-5-13(6-4-12)28-18(19,20)21/h3-6,11H,2,7-10H2,1H3,(H,22,26)(H,23,25). The maximum atomic E-state index is 12.1. The van der Waals surface area contributed by atoms with Crippen LogP contribution in [0, 0.1) is 0 Å². The average molecular weight is 464 g/mol. The maximum absolute atomic E-state index is 12.1. The van der Waals surface area contributed by atoms with Crippen LogP contribution in [-0.2, 0) is 11.3 Å². The molecular weight excluding hydrogens is 443 g/mol. The lowest BCUT2D eigenvalue weighted by Crippen LogP contribution is -2.28. The van der Waals surface area contributed by atoms with Crippen LogP contribution in [0.5, 0.6) is 11.5 Å². The van der Waals surface area contributed by atoms with E-state index in [1.54, 1.807) is 17.1 Å². The van der Waals surface area contributed by atoms with Crippen molar-refractivity contribution in [3.63, 3.8) is 0 Å². The van der Waals surface area contributed by atoms with Gasteiger partial charge in [0, 0.05) is 11.9 Å². The summed E-state index contributed by atoms with van der Waals surface area (Å²) in [6.45, 7) is 0.378. The summed E-state index contributed by atoms with van der Waals surface area (Å²) in [6, 6.07) is 4.70.